The predicted molar refractivity (Wildman–Crippen MR) is 265 cm³/mol. The van der Waals surface area contributed by atoms with Crippen LogP contribution in [0.3, 0.4) is 0 Å². The van der Waals surface area contributed by atoms with Crippen LogP contribution in [0.1, 0.15) is 37.8 Å². The van der Waals surface area contributed by atoms with Crippen LogP contribution in [0.15, 0.2) is 140 Å². The number of fused-ring (bicyclic) bond motifs is 2. The van der Waals surface area contributed by atoms with Crippen LogP contribution in [-0.2, 0) is 9.59 Å². The Kier molecular flexibility index (Phi) is 12.9. The highest BCUT2D eigenvalue weighted by Gasteiger charge is 2.32. The number of hydrogen-bond donors (Lipinski definition) is 2. The number of likely N-dealkylation sites (tertiary alicyclic amines) is 2. The minimum atomic E-state index is -0.123. The number of rotatable bonds is 15. The Morgan fingerprint density at radius 1 is 0.710 bits per heavy atom. The van der Waals surface area contributed by atoms with Crippen LogP contribution in [0.4, 0.5) is 11.6 Å². The molecule has 1 aliphatic carbocycles. The van der Waals surface area contributed by atoms with Crippen LogP contribution < -0.4 is 20.5 Å². The van der Waals surface area contributed by atoms with Crippen molar-refractivity contribution >= 4 is 45.5 Å². The summed E-state index contributed by atoms with van der Waals surface area (Å²) in [6, 6.07) is 24.9. The summed E-state index contributed by atoms with van der Waals surface area (Å²) in [7, 11) is 3.94. The lowest BCUT2D eigenvalue weighted by atomic mass is 10.1. The van der Waals surface area contributed by atoms with Gasteiger partial charge in [-0.1, -0.05) is 36.4 Å². The number of nitrogens with two attached hydrogens (primary N) is 1. The first-order chi connectivity index (χ1) is 33.8. The summed E-state index contributed by atoms with van der Waals surface area (Å²) in [5.41, 5.74) is 10.8. The van der Waals surface area contributed by atoms with Crippen molar-refractivity contribution in [2.24, 2.45) is 0 Å². The van der Waals surface area contributed by atoms with Crippen LogP contribution in [0.5, 0.6) is 17.2 Å². The van der Waals surface area contributed by atoms with E-state index in [1.165, 1.54) is 12.7 Å². The van der Waals surface area contributed by atoms with E-state index in [1.807, 2.05) is 129 Å². The zero-order valence-corrected chi connectivity index (χ0v) is 38.6. The Morgan fingerprint density at radius 2 is 1.29 bits per heavy atom. The van der Waals surface area contributed by atoms with Gasteiger partial charge in [0, 0.05) is 62.5 Å². The number of ether oxygens (including phenoxy) is 2. The molecule has 0 saturated carbocycles. The van der Waals surface area contributed by atoms with Crippen LogP contribution in [0.25, 0.3) is 44.6 Å². The second-order valence-electron chi connectivity index (χ2n) is 17.5. The summed E-state index contributed by atoms with van der Waals surface area (Å²) < 4.78 is 16.0. The average molecular weight is 924 g/mol. The highest BCUT2D eigenvalue weighted by molar-refractivity contribution is 6.00. The van der Waals surface area contributed by atoms with Crippen molar-refractivity contribution in [1.29, 1.82) is 0 Å². The van der Waals surface area contributed by atoms with Crippen molar-refractivity contribution < 1.29 is 19.1 Å². The van der Waals surface area contributed by atoms with Gasteiger partial charge in [0.15, 0.2) is 11.3 Å². The Bertz CT molecular complexity index is 3100. The molecule has 0 radical (unpaired) electrons. The standard InChI is InChI=1S/C52H53N13O4/c1-61(2)28-10-16-44(67)63-30-26-38(32-63)65-52-46(48(60-65)36-19-23-42(24-20-36)69-40-13-7-4-8-14-40)50(56-34-58-52)54-27-9-15-43(66)62-29-25-37(31-62)64-51-45(49(53)55-33-57-51)47(59-64)35-17-21-41(22-18-35)68-39-11-5-3-6-12-39/h3,5-7,9-24,33-34,37-38H,4,8,25-32H2,1-2H3,(H2,53,55,57)(H,54,56,58)/b15-9+,16-10+/t37-,38-/m1/s1. The molecule has 3 N–H and O–H groups in total. The Morgan fingerprint density at radius 3 is 1.91 bits per heavy atom. The monoisotopic (exact) mass is 923 g/mol. The molecule has 350 valence electrons. The number of allylic oxidation sites excluding steroid dienone is 3. The molecule has 69 heavy (non-hydrogen) atoms. The summed E-state index contributed by atoms with van der Waals surface area (Å²) in [4.78, 5) is 50.8. The zero-order valence-electron chi connectivity index (χ0n) is 38.6. The van der Waals surface area contributed by atoms with Gasteiger partial charge in [0.1, 0.15) is 58.7 Å². The predicted octanol–water partition coefficient (Wildman–Crippen LogP) is 7.62. The number of carbonyl (C=O) groups is 2. The second-order valence-corrected chi connectivity index (χ2v) is 17.5. The van der Waals surface area contributed by atoms with E-state index in [2.05, 4.69) is 32.4 Å². The largest absolute Gasteiger partial charge is 0.458 e. The molecule has 2 amide bonds. The molecule has 6 heterocycles. The van der Waals surface area contributed by atoms with Crippen molar-refractivity contribution in [2.45, 2.75) is 37.8 Å². The number of nitrogens with zero attached hydrogens (tertiary/aromatic N) is 11. The normalized spacial score (nSPS) is 17.2. The maximum atomic E-state index is 13.7. The van der Waals surface area contributed by atoms with Crippen molar-refractivity contribution in [3.63, 3.8) is 0 Å². The van der Waals surface area contributed by atoms with E-state index < -0.39 is 0 Å². The minimum absolute atomic E-state index is 0.0196. The molecule has 2 fully saturated rings. The second kappa shape index (κ2) is 20.0. The van der Waals surface area contributed by atoms with E-state index in [9.17, 15) is 9.59 Å². The molecule has 3 aromatic carbocycles. The summed E-state index contributed by atoms with van der Waals surface area (Å²) in [5, 5.41) is 15.0. The molecule has 0 bridgehead atoms. The molecule has 2 aliphatic heterocycles. The van der Waals surface area contributed by atoms with E-state index >= 15 is 0 Å². The maximum Gasteiger partial charge on any atom is 0.246 e. The number of hydrogen-bond acceptors (Lipinski definition) is 13. The van der Waals surface area contributed by atoms with Gasteiger partial charge in [-0.2, -0.15) is 10.2 Å². The molecule has 0 unspecified atom stereocenters. The van der Waals surface area contributed by atoms with E-state index in [4.69, 9.17) is 30.4 Å². The topological polar surface area (TPSA) is 188 Å². The number of nitrogen functional groups attached to an aromatic ring is 1. The molecule has 4 aromatic heterocycles. The molecule has 17 nitrogen and oxygen atoms in total. The van der Waals surface area contributed by atoms with Gasteiger partial charge >= 0.3 is 0 Å². The lowest BCUT2D eigenvalue weighted by Gasteiger charge is -2.15. The van der Waals surface area contributed by atoms with Gasteiger partial charge < -0.3 is 35.2 Å². The quantitative estimate of drug-likeness (QED) is 0.0958. The first-order valence-corrected chi connectivity index (χ1v) is 23.3. The lowest BCUT2D eigenvalue weighted by Crippen LogP contribution is -2.28. The van der Waals surface area contributed by atoms with Crippen LogP contribution in [-0.4, -0.2) is 119 Å². The van der Waals surface area contributed by atoms with Crippen molar-refractivity contribution in [3.05, 3.63) is 140 Å². The number of likely N-dealkylation sites (N-methyl/N-ethyl adjacent to an activating group) is 1. The molecule has 10 rings (SSSR count). The highest BCUT2D eigenvalue weighted by Crippen LogP contribution is 2.37. The molecule has 2 atom stereocenters. The first kappa shape index (κ1) is 44.6. The van der Waals surface area contributed by atoms with E-state index in [0.29, 0.717) is 91.1 Å². The van der Waals surface area contributed by atoms with Crippen LogP contribution in [0.2, 0.25) is 0 Å². The number of aromatic nitrogens is 8. The number of anilines is 2. The summed E-state index contributed by atoms with van der Waals surface area (Å²) in [5.74, 6) is 3.77. The third-order valence-corrected chi connectivity index (χ3v) is 12.5. The van der Waals surface area contributed by atoms with E-state index in [0.717, 1.165) is 53.0 Å². The van der Waals surface area contributed by atoms with Gasteiger partial charge in [-0.25, -0.2) is 29.3 Å². The minimum Gasteiger partial charge on any atom is -0.458 e. The van der Waals surface area contributed by atoms with Gasteiger partial charge in [-0.15, -0.1) is 0 Å². The molecule has 0 spiro atoms. The molecule has 2 saturated heterocycles. The lowest BCUT2D eigenvalue weighted by molar-refractivity contribution is -0.125. The van der Waals surface area contributed by atoms with Gasteiger partial charge in [-0.3, -0.25) is 9.59 Å². The molecule has 7 aromatic rings. The number of benzene rings is 3. The molecular weight excluding hydrogens is 871 g/mol. The fourth-order valence-electron chi connectivity index (χ4n) is 8.98. The number of nitrogens with one attached hydrogen (secondary N) is 1. The summed E-state index contributed by atoms with van der Waals surface area (Å²) in [6.07, 6.45) is 19.5. The Hall–Kier alpha value is -8.18. The van der Waals surface area contributed by atoms with E-state index in [1.54, 1.807) is 18.2 Å². The summed E-state index contributed by atoms with van der Waals surface area (Å²) >= 11 is 0. The van der Waals surface area contributed by atoms with Crippen LogP contribution in [0, 0.1) is 0 Å². The van der Waals surface area contributed by atoms with Gasteiger partial charge in [0.2, 0.25) is 11.8 Å². The number of amides is 2. The third-order valence-electron chi connectivity index (χ3n) is 12.5. The van der Waals surface area contributed by atoms with Gasteiger partial charge in [0.25, 0.3) is 0 Å². The smallest absolute Gasteiger partial charge is 0.246 e. The first-order valence-electron chi connectivity index (χ1n) is 23.3. The van der Waals surface area contributed by atoms with E-state index in [-0.39, 0.29) is 23.9 Å². The Balaban J connectivity index is 0.842. The van der Waals surface area contributed by atoms with Crippen molar-refractivity contribution in [3.8, 4) is 39.8 Å². The molecule has 17 heteroatoms. The highest BCUT2D eigenvalue weighted by atomic mass is 16.5. The number of carbonyl (C=O) groups excluding carboxylic acids is 2. The fourth-order valence-corrected chi connectivity index (χ4v) is 8.98. The Labute approximate surface area is 399 Å². The third kappa shape index (κ3) is 9.80. The van der Waals surface area contributed by atoms with Gasteiger partial charge in [-0.05, 0) is 113 Å². The SMILES string of the molecule is CN(C)C/C=C/C(=O)N1CC[C@@H](n2nc(-c3ccc(OC4=CCCC=C4)cc3)c3c(NC/C=C/C(=O)N4CC[C@@H](n5nc(-c6ccc(Oc7ccccc7)cc6)c6c(N)ncnc65)C4)ncnc32)C1. The number of para-hydroxylation sites is 1. The molecular formula is C52H53N13O4. The summed E-state index contributed by atoms with van der Waals surface area (Å²) in [6.45, 7) is 3.12. The molecule has 3 aliphatic rings. The van der Waals surface area contributed by atoms with Crippen LogP contribution >= 0.6 is 0 Å². The zero-order chi connectivity index (χ0) is 47.3. The van der Waals surface area contributed by atoms with Gasteiger partial charge in [0.05, 0.1) is 22.9 Å². The van der Waals surface area contributed by atoms with Crippen molar-refractivity contribution in [2.75, 3.05) is 64.4 Å². The average Bonchev–Trinajstić information content (AvgIpc) is 4.20. The van der Waals surface area contributed by atoms with Crippen molar-refractivity contribution in [1.82, 2.24) is 54.2 Å². The fraction of sp³-hybridized carbons (Fsp3) is 0.269. The maximum absolute atomic E-state index is 13.7.